The Hall–Kier alpha value is -3.48. The van der Waals surface area contributed by atoms with Crippen molar-refractivity contribution in [2.75, 3.05) is 5.43 Å². The molecule has 1 aromatic heterocycles. The number of hydrogen-bond donors (Lipinski definition) is 2. The second-order valence-electron chi connectivity index (χ2n) is 6.07. The van der Waals surface area contributed by atoms with Gasteiger partial charge in [-0.2, -0.15) is 5.10 Å². The van der Waals surface area contributed by atoms with Gasteiger partial charge in [-0.25, -0.2) is 9.78 Å². The number of carboxylic acids is 1. The number of nitrogens with zero attached hydrogens (tertiary/aromatic N) is 3. The monoisotopic (exact) mass is 348 g/mol. The van der Waals surface area contributed by atoms with Crippen molar-refractivity contribution in [3.8, 4) is 0 Å². The Morgan fingerprint density at radius 2 is 1.92 bits per heavy atom. The zero-order valence-electron chi connectivity index (χ0n) is 13.8. The molecule has 1 aliphatic rings. The molecule has 0 fully saturated rings. The van der Waals surface area contributed by atoms with Crippen LogP contribution in [0.25, 0.3) is 10.9 Å². The Morgan fingerprint density at radius 3 is 2.69 bits per heavy atom. The molecule has 130 valence electrons. The predicted molar refractivity (Wildman–Crippen MR) is 98.8 cm³/mol. The van der Waals surface area contributed by atoms with Crippen LogP contribution < -0.4 is 11.0 Å². The van der Waals surface area contributed by atoms with Gasteiger partial charge in [0.1, 0.15) is 5.71 Å². The van der Waals surface area contributed by atoms with Crippen LogP contribution in [0.15, 0.2) is 58.4 Å². The van der Waals surface area contributed by atoms with Crippen molar-refractivity contribution < 1.29 is 9.90 Å². The van der Waals surface area contributed by atoms with Crippen LogP contribution in [0.4, 0.5) is 5.69 Å². The van der Waals surface area contributed by atoms with Gasteiger partial charge in [-0.15, -0.1) is 0 Å². The van der Waals surface area contributed by atoms with Gasteiger partial charge in [0.2, 0.25) is 0 Å². The molecule has 0 aliphatic carbocycles. The Morgan fingerprint density at radius 1 is 1.15 bits per heavy atom. The summed E-state index contributed by atoms with van der Waals surface area (Å²) < 4.78 is 1.67. The zero-order chi connectivity index (χ0) is 18.1. The van der Waals surface area contributed by atoms with E-state index in [1.165, 1.54) is 12.1 Å². The molecular weight excluding hydrogens is 332 g/mol. The van der Waals surface area contributed by atoms with E-state index in [0.29, 0.717) is 41.1 Å². The van der Waals surface area contributed by atoms with Crippen LogP contribution in [-0.2, 0) is 6.54 Å². The summed E-state index contributed by atoms with van der Waals surface area (Å²) in [5, 5.41) is 14.0. The molecule has 0 amide bonds. The van der Waals surface area contributed by atoms with Crippen LogP contribution in [0, 0.1) is 0 Å². The van der Waals surface area contributed by atoms with Gasteiger partial charge in [-0.3, -0.25) is 14.8 Å². The highest BCUT2D eigenvalue weighted by atomic mass is 16.4. The zero-order valence-corrected chi connectivity index (χ0v) is 13.8. The molecule has 3 aromatic rings. The van der Waals surface area contributed by atoms with E-state index in [9.17, 15) is 9.59 Å². The van der Waals surface area contributed by atoms with Crippen LogP contribution in [0.1, 0.15) is 29.0 Å². The first-order valence-corrected chi connectivity index (χ1v) is 8.29. The third kappa shape index (κ3) is 2.83. The highest BCUT2D eigenvalue weighted by Gasteiger charge is 2.20. The quantitative estimate of drug-likeness (QED) is 0.710. The summed E-state index contributed by atoms with van der Waals surface area (Å²) in [6.45, 7) is 0.623. The lowest BCUT2D eigenvalue weighted by Gasteiger charge is -2.19. The van der Waals surface area contributed by atoms with Gasteiger partial charge in [0.05, 0.1) is 22.2 Å². The van der Waals surface area contributed by atoms with Gasteiger partial charge in [0.25, 0.3) is 5.56 Å². The standard InChI is InChI=1S/C19H16N4O3/c24-18-14-4-1-2-5-15(14)20-17-16(6-3-11-23(17)18)22-21-13-9-7-12(8-10-13)19(25)26/h1-2,4-5,7-10,21H,3,6,11H2,(H,25,26)/b22-16-. The number of aromatic nitrogens is 2. The number of hydrazone groups is 1. The number of anilines is 1. The van der Waals surface area contributed by atoms with E-state index in [1.54, 1.807) is 22.8 Å². The average molecular weight is 348 g/mol. The van der Waals surface area contributed by atoms with Crippen LogP contribution in [0.5, 0.6) is 0 Å². The maximum Gasteiger partial charge on any atom is 0.335 e. The first kappa shape index (κ1) is 16.0. The van der Waals surface area contributed by atoms with E-state index < -0.39 is 5.97 Å². The van der Waals surface area contributed by atoms with Crippen LogP contribution in [0.2, 0.25) is 0 Å². The number of fused-ring (bicyclic) bond motifs is 2. The summed E-state index contributed by atoms with van der Waals surface area (Å²) in [6, 6.07) is 13.6. The third-order valence-electron chi connectivity index (χ3n) is 4.37. The fraction of sp³-hybridized carbons (Fsp3) is 0.158. The number of aromatic carboxylic acids is 1. The van der Waals surface area contributed by atoms with Gasteiger partial charge in [0, 0.05) is 6.54 Å². The van der Waals surface area contributed by atoms with Gasteiger partial charge < -0.3 is 5.11 Å². The van der Waals surface area contributed by atoms with E-state index in [-0.39, 0.29) is 11.1 Å². The lowest BCUT2D eigenvalue weighted by Crippen LogP contribution is -2.32. The number of rotatable bonds is 3. The number of hydrogen-bond acceptors (Lipinski definition) is 5. The molecule has 0 spiro atoms. The summed E-state index contributed by atoms with van der Waals surface area (Å²) in [4.78, 5) is 28.2. The molecule has 0 saturated heterocycles. The second kappa shape index (κ2) is 6.44. The van der Waals surface area contributed by atoms with Crippen molar-refractivity contribution in [1.29, 1.82) is 0 Å². The van der Waals surface area contributed by atoms with Crippen molar-refractivity contribution in [1.82, 2.24) is 9.55 Å². The van der Waals surface area contributed by atoms with Crippen LogP contribution >= 0.6 is 0 Å². The fourth-order valence-electron chi connectivity index (χ4n) is 3.04. The number of benzene rings is 2. The summed E-state index contributed by atoms with van der Waals surface area (Å²) in [5.74, 6) is -0.394. The second-order valence-corrected chi connectivity index (χ2v) is 6.07. The van der Waals surface area contributed by atoms with Gasteiger partial charge >= 0.3 is 5.97 Å². The molecule has 2 N–H and O–H groups in total. The molecule has 26 heavy (non-hydrogen) atoms. The summed E-state index contributed by atoms with van der Waals surface area (Å²) in [5.41, 5.74) is 5.13. The molecule has 4 rings (SSSR count). The molecule has 2 heterocycles. The highest BCUT2D eigenvalue weighted by Crippen LogP contribution is 2.17. The van der Waals surface area contributed by atoms with Crippen molar-refractivity contribution in [2.45, 2.75) is 19.4 Å². The molecule has 2 aromatic carbocycles. The number of carboxylic acid groups (broad SMARTS) is 1. The minimum atomic E-state index is -0.973. The van der Waals surface area contributed by atoms with Crippen molar-refractivity contribution in [2.24, 2.45) is 5.10 Å². The minimum Gasteiger partial charge on any atom is -0.478 e. The minimum absolute atomic E-state index is 0.0520. The van der Waals surface area contributed by atoms with Crippen molar-refractivity contribution >= 4 is 28.3 Å². The first-order chi connectivity index (χ1) is 12.6. The SMILES string of the molecule is O=C(O)c1ccc(N/N=C2/CCCn3c2nc2ccccc2c3=O)cc1. The number of carbonyl (C=O) groups is 1. The summed E-state index contributed by atoms with van der Waals surface area (Å²) in [7, 11) is 0. The molecule has 7 heteroatoms. The first-order valence-electron chi connectivity index (χ1n) is 8.29. The molecular formula is C19H16N4O3. The summed E-state index contributed by atoms with van der Waals surface area (Å²) >= 11 is 0. The maximum absolute atomic E-state index is 12.7. The van der Waals surface area contributed by atoms with Crippen LogP contribution in [0.3, 0.4) is 0 Å². The molecule has 0 bridgehead atoms. The molecule has 7 nitrogen and oxygen atoms in total. The molecule has 0 radical (unpaired) electrons. The number of para-hydroxylation sites is 1. The Balaban J connectivity index is 1.70. The average Bonchev–Trinajstić information content (AvgIpc) is 2.67. The smallest absolute Gasteiger partial charge is 0.335 e. The highest BCUT2D eigenvalue weighted by molar-refractivity contribution is 6.00. The molecule has 0 unspecified atom stereocenters. The topological polar surface area (TPSA) is 96.6 Å². The van der Waals surface area contributed by atoms with Crippen LogP contribution in [-0.4, -0.2) is 26.3 Å². The normalized spacial score (nSPS) is 15.0. The van der Waals surface area contributed by atoms with Crippen molar-refractivity contribution in [3.05, 3.63) is 70.3 Å². The Labute approximate surface area is 148 Å². The maximum atomic E-state index is 12.7. The molecule has 0 atom stereocenters. The van der Waals surface area contributed by atoms with Crippen molar-refractivity contribution in [3.63, 3.8) is 0 Å². The van der Waals surface area contributed by atoms with Gasteiger partial charge in [0.15, 0.2) is 5.82 Å². The lowest BCUT2D eigenvalue weighted by atomic mass is 10.1. The predicted octanol–water partition coefficient (Wildman–Crippen LogP) is 2.70. The molecule has 1 aliphatic heterocycles. The van der Waals surface area contributed by atoms with Gasteiger partial charge in [-0.1, -0.05) is 12.1 Å². The number of nitrogens with one attached hydrogen (secondary N) is 1. The van der Waals surface area contributed by atoms with E-state index >= 15 is 0 Å². The molecule has 0 saturated carbocycles. The lowest BCUT2D eigenvalue weighted by molar-refractivity contribution is 0.0697. The Kier molecular flexibility index (Phi) is 3.96. The van der Waals surface area contributed by atoms with Gasteiger partial charge in [-0.05, 0) is 49.2 Å². The largest absolute Gasteiger partial charge is 0.478 e. The third-order valence-corrected chi connectivity index (χ3v) is 4.37. The van der Waals surface area contributed by atoms with E-state index in [0.717, 1.165) is 6.42 Å². The van der Waals surface area contributed by atoms with E-state index in [4.69, 9.17) is 5.11 Å². The van der Waals surface area contributed by atoms with E-state index in [2.05, 4.69) is 15.5 Å². The van der Waals surface area contributed by atoms with E-state index in [1.807, 2.05) is 18.2 Å². The Bertz CT molecular complexity index is 1080. The fourth-order valence-corrected chi connectivity index (χ4v) is 3.04. The summed E-state index contributed by atoms with van der Waals surface area (Å²) in [6.07, 6.45) is 1.52.